The van der Waals surface area contributed by atoms with Gasteiger partial charge in [0.05, 0.1) is 19.0 Å². The Morgan fingerprint density at radius 1 is 1.03 bits per heavy atom. The predicted octanol–water partition coefficient (Wildman–Crippen LogP) is 7.71. The van der Waals surface area contributed by atoms with E-state index in [1.807, 2.05) is 6.92 Å². The van der Waals surface area contributed by atoms with Crippen LogP contribution >= 0.6 is 0 Å². The number of rotatable bonds is 12. The highest BCUT2D eigenvalue weighted by molar-refractivity contribution is 5.40. The molecular weight excluding hydrogens is 386 g/mol. The maximum Gasteiger partial charge on any atom is 0.196 e. The second-order valence-corrected chi connectivity index (χ2v) is 8.05. The molecular formula is C25H40F2O3. The van der Waals surface area contributed by atoms with Gasteiger partial charge in [0.2, 0.25) is 0 Å². The van der Waals surface area contributed by atoms with Crippen LogP contribution < -0.4 is 0 Å². The molecule has 1 aliphatic rings. The fourth-order valence-corrected chi connectivity index (χ4v) is 3.50. The van der Waals surface area contributed by atoms with Gasteiger partial charge in [-0.25, -0.2) is 8.78 Å². The van der Waals surface area contributed by atoms with Crippen molar-refractivity contribution in [2.75, 3.05) is 20.3 Å². The summed E-state index contributed by atoms with van der Waals surface area (Å²) in [6.45, 7) is 10.4. The first-order valence-corrected chi connectivity index (χ1v) is 11.2. The van der Waals surface area contributed by atoms with Gasteiger partial charge in [0.1, 0.15) is 12.4 Å². The average molecular weight is 427 g/mol. The molecule has 0 saturated carbocycles. The van der Waals surface area contributed by atoms with Crippen LogP contribution in [-0.4, -0.2) is 26.4 Å². The summed E-state index contributed by atoms with van der Waals surface area (Å²) in [7, 11) is 1.32. The lowest BCUT2D eigenvalue weighted by atomic mass is 9.93. The Morgan fingerprint density at radius 3 is 2.33 bits per heavy atom. The molecule has 0 bridgehead atoms. The van der Waals surface area contributed by atoms with Gasteiger partial charge in [-0.3, -0.25) is 0 Å². The van der Waals surface area contributed by atoms with Gasteiger partial charge in [-0.1, -0.05) is 39.2 Å². The fraction of sp³-hybridized carbons (Fsp3) is 0.680. The topological polar surface area (TPSA) is 27.7 Å². The normalized spacial score (nSPS) is 22.4. The second kappa shape index (κ2) is 14.4. The smallest absolute Gasteiger partial charge is 0.196 e. The third-order valence-corrected chi connectivity index (χ3v) is 5.65. The molecule has 0 aromatic carbocycles. The quantitative estimate of drug-likeness (QED) is 0.182. The van der Waals surface area contributed by atoms with E-state index in [1.165, 1.54) is 46.1 Å². The Balaban J connectivity index is 2.59. The van der Waals surface area contributed by atoms with Crippen molar-refractivity contribution in [2.24, 2.45) is 5.92 Å². The fourth-order valence-electron chi connectivity index (χ4n) is 3.50. The highest BCUT2D eigenvalue weighted by Crippen LogP contribution is 2.28. The Morgan fingerprint density at radius 2 is 1.77 bits per heavy atom. The molecule has 1 heterocycles. The van der Waals surface area contributed by atoms with Crippen LogP contribution in [0.4, 0.5) is 8.78 Å². The SMILES string of the molecule is CCCCCC1CCC(CO/C(C)=C/C=C(C)/C(CC)=C(F)/C(F)=C(\C)OC)OC1. The van der Waals surface area contributed by atoms with Crippen LogP contribution in [0, 0.1) is 5.92 Å². The third kappa shape index (κ3) is 9.03. The van der Waals surface area contributed by atoms with Gasteiger partial charge < -0.3 is 14.2 Å². The van der Waals surface area contributed by atoms with Crippen LogP contribution in [-0.2, 0) is 14.2 Å². The zero-order valence-corrected chi connectivity index (χ0v) is 19.7. The van der Waals surface area contributed by atoms with Crippen molar-refractivity contribution in [3.63, 3.8) is 0 Å². The summed E-state index contributed by atoms with van der Waals surface area (Å²) in [5.74, 6) is -0.493. The predicted molar refractivity (Wildman–Crippen MR) is 119 cm³/mol. The first-order chi connectivity index (χ1) is 14.3. The van der Waals surface area contributed by atoms with Crippen molar-refractivity contribution in [3.05, 3.63) is 46.5 Å². The van der Waals surface area contributed by atoms with Gasteiger partial charge >= 0.3 is 0 Å². The van der Waals surface area contributed by atoms with E-state index in [4.69, 9.17) is 14.2 Å². The van der Waals surface area contributed by atoms with Crippen molar-refractivity contribution in [3.8, 4) is 0 Å². The molecule has 0 spiro atoms. The number of unbranched alkanes of at least 4 members (excludes halogenated alkanes) is 2. The second-order valence-electron chi connectivity index (χ2n) is 8.05. The molecule has 0 aromatic heterocycles. The van der Waals surface area contributed by atoms with Gasteiger partial charge in [-0.15, -0.1) is 0 Å². The van der Waals surface area contributed by atoms with Crippen LogP contribution in [0.5, 0.6) is 0 Å². The van der Waals surface area contributed by atoms with Crippen LogP contribution in [0.1, 0.15) is 79.6 Å². The molecule has 3 nitrogen and oxygen atoms in total. The van der Waals surface area contributed by atoms with E-state index in [0.29, 0.717) is 30.1 Å². The highest BCUT2D eigenvalue weighted by atomic mass is 19.2. The molecule has 0 aliphatic carbocycles. The van der Waals surface area contributed by atoms with E-state index < -0.39 is 11.7 Å². The minimum atomic E-state index is -0.957. The van der Waals surface area contributed by atoms with Gasteiger partial charge in [-0.2, -0.15) is 0 Å². The van der Waals surface area contributed by atoms with Crippen LogP contribution in [0.15, 0.2) is 46.5 Å². The monoisotopic (exact) mass is 426 g/mol. The summed E-state index contributed by atoms with van der Waals surface area (Å²) in [5.41, 5.74) is 0.971. The van der Waals surface area contributed by atoms with Gasteiger partial charge in [-0.05, 0) is 69.6 Å². The maximum atomic E-state index is 14.5. The first-order valence-electron chi connectivity index (χ1n) is 11.2. The van der Waals surface area contributed by atoms with Crippen molar-refractivity contribution in [2.45, 2.75) is 85.7 Å². The molecule has 1 fully saturated rings. The Bertz CT molecular complexity index is 639. The molecule has 5 heteroatoms. The van der Waals surface area contributed by atoms with Gasteiger partial charge in [0, 0.05) is 6.61 Å². The Hall–Kier alpha value is -1.62. The minimum absolute atomic E-state index is 0.0682. The van der Waals surface area contributed by atoms with Crippen LogP contribution in [0.25, 0.3) is 0 Å². The van der Waals surface area contributed by atoms with E-state index in [-0.39, 0.29) is 11.9 Å². The minimum Gasteiger partial charge on any atom is -0.498 e. The summed E-state index contributed by atoms with van der Waals surface area (Å²) in [6, 6.07) is 0. The lowest BCUT2D eigenvalue weighted by molar-refractivity contribution is -0.0507. The molecule has 2 unspecified atom stereocenters. The molecule has 172 valence electrons. The van der Waals surface area contributed by atoms with Crippen molar-refractivity contribution in [1.29, 1.82) is 0 Å². The number of hydrogen-bond acceptors (Lipinski definition) is 3. The first kappa shape index (κ1) is 26.4. The zero-order chi connectivity index (χ0) is 22.5. The van der Waals surface area contributed by atoms with E-state index in [9.17, 15) is 8.78 Å². The lowest BCUT2D eigenvalue weighted by Crippen LogP contribution is -2.29. The summed E-state index contributed by atoms with van der Waals surface area (Å²) in [6.07, 6.45) is 11.4. The number of hydrogen-bond donors (Lipinski definition) is 0. The number of methoxy groups -OCH3 is 1. The maximum absolute atomic E-state index is 14.5. The molecule has 1 saturated heterocycles. The zero-order valence-electron chi connectivity index (χ0n) is 19.7. The number of allylic oxidation sites excluding steroid dienone is 8. The van der Waals surface area contributed by atoms with Crippen molar-refractivity contribution < 1.29 is 23.0 Å². The van der Waals surface area contributed by atoms with E-state index in [0.717, 1.165) is 18.8 Å². The highest BCUT2D eigenvalue weighted by Gasteiger charge is 2.21. The lowest BCUT2D eigenvalue weighted by Gasteiger charge is -2.29. The van der Waals surface area contributed by atoms with E-state index >= 15 is 0 Å². The molecule has 30 heavy (non-hydrogen) atoms. The van der Waals surface area contributed by atoms with E-state index in [1.54, 1.807) is 26.0 Å². The Kier molecular flexibility index (Phi) is 12.7. The molecule has 2 atom stereocenters. The van der Waals surface area contributed by atoms with Gasteiger partial charge in [0.25, 0.3) is 0 Å². The third-order valence-electron chi connectivity index (χ3n) is 5.65. The molecule has 1 aliphatic heterocycles. The molecule has 1 rings (SSSR count). The number of halogens is 2. The van der Waals surface area contributed by atoms with Crippen LogP contribution in [0.2, 0.25) is 0 Å². The van der Waals surface area contributed by atoms with E-state index in [2.05, 4.69) is 6.92 Å². The van der Waals surface area contributed by atoms with Crippen molar-refractivity contribution >= 4 is 0 Å². The summed E-state index contributed by atoms with van der Waals surface area (Å²) >= 11 is 0. The average Bonchev–Trinajstić information content (AvgIpc) is 2.76. The van der Waals surface area contributed by atoms with Crippen molar-refractivity contribution in [1.82, 2.24) is 0 Å². The molecule has 0 aromatic rings. The largest absolute Gasteiger partial charge is 0.498 e. The standard InChI is InChI=1S/C25H40F2O3/c1-7-9-10-11-21-14-15-22(30-16-21)17-29-19(4)13-12-18(3)23(8-2)25(27)24(26)20(5)28-6/h12-13,21-22H,7-11,14-17H2,1-6H3/b18-12+,19-13+,24-20-,25-23-. The van der Waals surface area contributed by atoms with Crippen LogP contribution in [0.3, 0.4) is 0 Å². The summed E-state index contributed by atoms with van der Waals surface area (Å²) in [5, 5.41) is 0. The molecule has 0 amide bonds. The molecule has 0 N–H and O–H groups in total. The Labute approximate surface area is 181 Å². The number of ether oxygens (including phenoxy) is 3. The molecule has 0 radical (unpaired) electrons. The van der Waals surface area contributed by atoms with Gasteiger partial charge in [0.15, 0.2) is 11.7 Å². The summed E-state index contributed by atoms with van der Waals surface area (Å²) < 4.78 is 45.1. The summed E-state index contributed by atoms with van der Waals surface area (Å²) in [4.78, 5) is 0.